The minimum atomic E-state index is -0.262. The van der Waals surface area contributed by atoms with Gasteiger partial charge in [0.1, 0.15) is 0 Å². The second-order valence-corrected chi connectivity index (χ2v) is 8.99. The molecule has 0 spiro atoms. The molecule has 7 nitrogen and oxygen atoms in total. The molecule has 0 radical (unpaired) electrons. The lowest BCUT2D eigenvalue weighted by Crippen LogP contribution is -2.27. The Morgan fingerprint density at radius 1 is 1.03 bits per heavy atom. The molecule has 0 saturated carbocycles. The van der Waals surface area contributed by atoms with Crippen molar-refractivity contribution in [2.24, 2.45) is 12.1 Å². The van der Waals surface area contributed by atoms with Crippen LogP contribution in [0.1, 0.15) is 33.9 Å². The molecule has 3 heterocycles. The van der Waals surface area contributed by atoms with E-state index in [4.69, 9.17) is 14.6 Å². The number of amides is 1. The number of benzene rings is 2. The van der Waals surface area contributed by atoms with E-state index in [1.807, 2.05) is 31.3 Å². The third-order valence-corrected chi connectivity index (χ3v) is 6.60. The van der Waals surface area contributed by atoms with Gasteiger partial charge in [-0.1, -0.05) is 15.9 Å². The Balaban J connectivity index is 1.62. The lowest BCUT2D eigenvalue weighted by Gasteiger charge is -2.21. The summed E-state index contributed by atoms with van der Waals surface area (Å²) < 4.78 is 13.9. The zero-order valence-corrected chi connectivity index (χ0v) is 20.6. The molecule has 1 amide bonds. The summed E-state index contributed by atoms with van der Waals surface area (Å²) in [6, 6.07) is 15.0. The van der Waals surface area contributed by atoms with Gasteiger partial charge in [0, 0.05) is 64.1 Å². The van der Waals surface area contributed by atoms with Crippen molar-refractivity contribution in [2.75, 3.05) is 14.2 Å². The average Bonchev–Trinajstić information content (AvgIpc) is 3.44. The van der Waals surface area contributed by atoms with Crippen LogP contribution in [0.5, 0.6) is 11.5 Å². The highest BCUT2D eigenvalue weighted by Gasteiger charge is 2.35. The van der Waals surface area contributed by atoms with Crippen molar-refractivity contribution in [3.05, 3.63) is 88.3 Å². The molecule has 1 atom stereocenters. The van der Waals surface area contributed by atoms with Crippen LogP contribution in [0.4, 0.5) is 0 Å². The van der Waals surface area contributed by atoms with Crippen molar-refractivity contribution in [3.63, 3.8) is 0 Å². The number of hydrogen-bond donors (Lipinski definition) is 0. The zero-order valence-electron chi connectivity index (χ0n) is 19.0. The van der Waals surface area contributed by atoms with Gasteiger partial charge in [-0.3, -0.25) is 9.78 Å². The topological polar surface area (TPSA) is 69.0 Å². The van der Waals surface area contributed by atoms with Crippen molar-refractivity contribution in [1.82, 2.24) is 14.6 Å². The number of rotatable bonds is 5. The Morgan fingerprint density at radius 3 is 2.53 bits per heavy atom. The van der Waals surface area contributed by atoms with Gasteiger partial charge < -0.3 is 14.0 Å². The van der Waals surface area contributed by atoms with E-state index in [-0.39, 0.29) is 11.9 Å². The summed E-state index contributed by atoms with van der Waals surface area (Å²) in [4.78, 5) is 17.6. The van der Waals surface area contributed by atoms with Crippen LogP contribution in [0.3, 0.4) is 0 Å². The smallest absolute Gasteiger partial charge is 0.274 e. The first-order valence-electron chi connectivity index (χ1n) is 10.8. The summed E-state index contributed by atoms with van der Waals surface area (Å²) in [5.74, 6) is 1.09. The Hall–Kier alpha value is -3.65. The van der Waals surface area contributed by atoms with E-state index in [0.717, 1.165) is 32.2 Å². The SMILES string of the molecule is COc1ccc(C2=NN(C(=O)c3ccncc3)C(c3cn(C)c4ccc(Br)cc34)C2)cc1OC. The number of carbonyl (C=O) groups excluding carboxylic acids is 1. The van der Waals surface area contributed by atoms with Gasteiger partial charge in [0.25, 0.3) is 5.91 Å². The molecule has 1 aliphatic heterocycles. The van der Waals surface area contributed by atoms with Gasteiger partial charge in [-0.05, 0) is 48.5 Å². The van der Waals surface area contributed by atoms with E-state index in [1.54, 1.807) is 43.8 Å². The summed E-state index contributed by atoms with van der Waals surface area (Å²) in [5.41, 5.74) is 4.36. The van der Waals surface area contributed by atoms with Gasteiger partial charge in [-0.15, -0.1) is 0 Å². The van der Waals surface area contributed by atoms with Gasteiger partial charge in [0.15, 0.2) is 11.5 Å². The molecule has 8 heteroatoms. The fourth-order valence-corrected chi connectivity index (χ4v) is 4.78. The minimum Gasteiger partial charge on any atom is -0.493 e. The molecule has 0 saturated heterocycles. The van der Waals surface area contributed by atoms with Crippen LogP contribution in [0.2, 0.25) is 0 Å². The molecular formula is C26H23BrN4O3. The van der Waals surface area contributed by atoms with Gasteiger partial charge in [0.05, 0.1) is 26.0 Å². The minimum absolute atomic E-state index is 0.171. The van der Waals surface area contributed by atoms with Crippen molar-refractivity contribution in [2.45, 2.75) is 12.5 Å². The number of hydrazone groups is 1. The number of halogens is 1. The van der Waals surface area contributed by atoms with Gasteiger partial charge in [0.2, 0.25) is 0 Å². The fourth-order valence-electron chi connectivity index (χ4n) is 4.42. The molecule has 4 aromatic rings. The van der Waals surface area contributed by atoms with E-state index in [9.17, 15) is 4.79 Å². The highest BCUT2D eigenvalue weighted by atomic mass is 79.9. The standard InChI is InChI=1S/C26H23BrN4O3/c1-30-15-20(19-13-18(27)5-6-22(19)30)23-14-21(17-4-7-24(33-2)25(12-17)34-3)29-31(23)26(32)16-8-10-28-11-9-16/h4-13,15,23H,14H2,1-3H3. The van der Waals surface area contributed by atoms with Crippen molar-refractivity contribution in [1.29, 1.82) is 0 Å². The van der Waals surface area contributed by atoms with Crippen LogP contribution in [0, 0.1) is 0 Å². The van der Waals surface area contributed by atoms with Gasteiger partial charge >= 0.3 is 0 Å². The first-order valence-corrected chi connectivity index (χ1v) is 11.6. The molecular weight excluding hydrogens is 496 g/mol. The van der Waals surface area contributed by atoms with E-state index in [1.165, 1.54) is 0 Å². The number of fused-ring (bicyclic) bond motifs is 1. The summed E-state index contributed by atoms with van der Waals surface area (Å²) in [6.45, 7) is 0. The zero-order chi connectivity index (χ0) is 23.8. The van der Waals surface area contributed by atoms with E-state index >= 15 is 0 Å². The normalized spacial score (nSPS) is 15.5. The van der Waals surface area contributed by atoms with Crippen LogP contribution in [-0.4, -0.2) is 40.4 Å². The monoisotopic (exact) mass is 518 g/mol. The number of methoxy groups -OCH3 is 2. The maximum Gasteiger partial charge on any atom is 0.274 e. The maximum absolute atomic E-state index is 13.6. The van der Waals surface area contributed by atoms with Crippen molar-refractivity contribution < 1.29 is 14.3 Å². The predicted molar refractivity (Wildman–Crippen MR) is 134 cm³/mol. The molecule has 1 aliphatic rings. The molecule has 0 N–H and O–H groups in total. The summed E-state index contributed by atoms with van der Waals surface area (Å²) in [6.07, 6.45) is 5.89. The average molecular weight is 519 g/mol. The first kappa shape index (κ1) is 22.2. The molecule has 172 valence electrons. The summed E-state index contributed by atoms with van der Waals surface area (Å²) in [5, 5.41) is 7.50. The highest BCUT2D eigenvalue weighted by Crippen LogP contribution is 2.40. The molecule has 0 bridgehead atoms. The Morgan fingerprint density at radius 2 is 1.79 bits per heavy atom. The molecule has 34 heavy (non-hydrogen) atoms. The molecule has 2 aromatic carbocycles. The van der Waals surface area contributed by atoms with Crippen molar-refractivity contribution in [3.8, 4) is 11.5 Å². The van der Waals surface area contributed by atoms with Gasteiger partial charge in [-0.25, -0.2) is 5.01 Å². The first-order chi connectivity index (χ1) is 16.5. The maximum atomic E-state index is 13.6. The lowest BCUT2D eigenvalue weighted by molar-refractivity contribution is 0.0712. The Labute approximate surface area is 205 Å². The third-order valence-electron chi connectivity index (χ3n) is 6.10. The van der Waals surface area contributed by atoms with Crippen molar-refractivity contribution >= 4 is 38.5 Å². The second kappa shape index (κ2) is 8.95. The highest BCUT2D eigenvalue weighted by molar-refractivity contribution is 9.10. The Kier molecular flexibility index (Phi) is 5.83. The third kappa shape index (κ3) is 3.84. The van der Waals surface area contributed by atoms with Crippen LogP contribution in [0.15, 0.2) is 76.7 Å². The number of pyridine rings is 1. The van der Waals surface area contributed by atoms with Crippen LogP contribution in [0.25, 0.3) is 10.9 Å². The lowest BCUT2D eigenvalue weighted by atomic mass is 9.97. The quantitative estimate of drug-likeness (QED) is 0.357. The number of carbonyl (C=O) groups is 1. The molecule has 5 rings (SSSR count). The fraction of sp³-hybridized carbons (Fsp3) is 0.192. The van der Waals surface area contributed by atoms with E-state index < -0.39 is 0 Å². The van der Waals surface area contributed by atoms with Gasteiger partial charge in [-0.2, -0.15) is 5.10 Å². The number of hydrogen-bond acceptors (Lipinski definition) is 5. The second-order valence-electron chi connectivity index (χ2n) is 8.08. The number of ether oxygens (including phenoxy) is 2. The number of aromatic nitrogens is 2. The molecule has 0 aliphatic carbocycles. The van der Waals surface area contributed by atoms with Crippen LogP contribution < -0.4 is 9.47 Å². The van der Waals surface area contributed by atoms with E-state index in [0.29, 0.717) is 23.5 Å². The summed E-state index contributed by atoms with van der Waals surface area (Å²) >= 11 is 3.59. The molecule has 0 fully saturated rings. The molecule has 2 aromatic heterocycles. The Bertz CT molecular complexity index is 1410. The van der Waals surface area contributed by atoms with E-state index in [2.05, 4.69) is 43.8 Å². The number of nitrogens with zero attached hydrogens (tertiary/aromatic N) is 4. The number of aryl methyl sites for hydroxylation is 1. The predicted octanol–water partition coefficient (Wildman–Crippen LogP) is 5.34. The van der Waals surface area contributed by atoms with Crippen LogP contribution in [-0.2, 0) is 7.05 Å². The molecule has 1 unspecified atom stereocenters. The largest absolute Gasteiger partial charge is 0.493 e. The summed E-state index contributed by atoms with van der Waals surface area (Å²) in [7, 11) is 5.22. The van der Waals surface area contributed by atoms with Crippen LogP contribution >= 0.6 is 15.9 Å².